The van der Waals surface area contributed by atoms with Crippen LogP contribution in [-0.2, 0) is 16.0 Å². The van der Waals surface area contributed by atoms with Gasteiger partial charge in [0.15, 0.2) is 0 Å². The average Bonchev–Trinajstić information content (AvgIpc) is 2.28. The topological polar surface area (TPSA) is 70.5 Å². The van der Waals surface area contributed by atoms with E-state index in [9.17, 15) is 4.79 Å². The van der Waals surface area contributed by atoms with Gasteiger partial charge in [-0.25, -0.2) is 0 Å². The Morgan fingerprint density at radius 1 is 1.25 bits per heavy atom. The molecule has 88 valence electrons. The Morgan fingerprint density at radius 3 is 2.25 bits per heavy atom. The Balaban J connectivity index is 2.82. The lowest BCUT2D eigenvalue weighted by atomic mass is 10.4. The first-order valence-corrected chi connectivity index (χ1v) is 4.81. The van der Waals surface area contributed by atoms with Gasteiger partial charge in [0.1, 0.15) is 12.2 Å². The van der Waals surface area contributed by atoms with Crippen LogP contribution in [-0.4, -0.2) is 36.8 Å². The van der Waals surface area contributed by atoms with Gasteiger partial charge in [-0.3, -0.25) is 4.79 Å². The molecule has 1 aromatic rings. The molecular weight excluding hydrogens is 212 g/mol. The molecule has 0 aromatic carbocycles. The maximum atomic E-state index is 11.2. The minimum absolute atomic E-state index is 0.00139. The number of nitrogens with zero attached hydrogens (tertiary/aromatic N) is 2. The summed E-state index contributed by atoms with van der Waals surface area (Å²) < 4.78 is 14.7. The largest absolute Gasteiger partial charge is 0.481 e. The highest BCUT2D eigenvalue weighted by Crippen LogP contribution is 2.14. The third kappa shape index (κ3) is 3.38. The van der Waals surface area contributed by atoms with Gasteiger partial charge in [-0.1, -0.05) is 0 Å². The van der Waals surface area contributed by atoms with E-state index in [1.54, 1.807) is 6.92 Å². The van der Waals surface area contributed by atoms with Crippen LogP contribution in [0.3, 0.4) is 0 Å². The zero-order valence-electron chi connectivity index (χ0n) is 9.52. The minimum Gasteiger partial charge on any atom is -0.481 e. The summed E-state index contributed by atoms with van der Waals surface area (Å²) in [6, 6.07) is 1.54. The van der Waals surface area contributed by atoms with E-state index in [1.807, 2.05) is 0 Å². The molecule has 6 nitrogen and oxygen atoms in total. The van der Waals surface area contributed by atoms with Crippen LogP contribution in [0, 0.1) is 0 Å². The zero-order chi connectivity index (χ0) is 12.0. The second-order valence-electron chi connectivity index (χ2n) is 2.85. The molecule has 1 heterocycles. The van der Waals surface area contributed by atoms with Crippen LogP contribution >= 0.6 is 0 Å². The van der Waals surface area contributed by atoms with Gasteiger partial charge in [-0.2, -0.15) is 9.97 Å². The van der Waals surface area contributed by atoms with Crippen LogP contribution in [0.1, 0.15) is 12.7 Å². The van der Waals surface area contributed by atoms with Crippen LogP contribution in [0.25, 0.3) is 0 Å². The first-order chi connectivity index (χ1) is 7.69. The summed E-state index contributed by atoms with van der Waals surface area (Å²) in [7, 11) is 2.96. The number of ether oxygens (including phenoxy) is 3. The number of carbonyl (C=O) groups is 1. The van der Waals surface area contributed by atoms with Crippen molar-refractivity contribution in [3.63, 3.8) is 0 Å². The number of hydrogen-bond acceptors (Lipinski definition) is 6. The van der Waals surface area contributed by atoms with Crippen LogP contribution in [0.2, 0.25) is 0 Å². The molecule has 0 bridgehead atoms. The van der Waals surface area contributed by atoms with Gasteiger partial charge in [-0.15, -0.1) is 0 Å². The molecule has 0 fully saturated rings. The Hall–Kier alpha value is -1.85. The highest BCUT2D eigenvalue weighted by atomic mass is 16.5. The lowest BCUT2D eigenvalue weighted by Gasteiger charge is -2.05. The van der Waals surface area contributed by atoms with Gasteiger partial charge in [0.25, 0.3) is 0 Å². The van der Waals surface area contributed by atoms with Crippen molar-refractivity contribution in [2.24, 2.45) is 0 Å². The summed E-state index contributed by atoms with van der Waals surface area (Å²) in [6.07, 6.45) is 0.00139. The Labute approximate surface area is 93.6 Å². The minimum atomic E-state index is -0.377. The van der Waals surface area contributed by atoms with E-state index in [1.165, 1.54) is 20.3 Å². The Morgan fingerprint density at radius 2 is 1.81 bits per heavy atom. The molecule has 0 aliphatic heterocycles. The van der Waals surface area contributed by atoms with E-state index in [0.717, 1.165) is 0 Å². The third-order valence-corrected chi connectivity index (χ3v) is 1.75. The molecule has 0 saturated heterocycles. The van der Waals surface area contributed by atoms with Crippen molar-refractivity contribution >= 4 is 5.97 Å². The molecule has 0 radical (unpaired) electrons. The summed E-state index contributed by atoms with van der Waals surface area (Å²) in [4.78, 5) is 19.2. The molecule has 0 saturated carbocycles. The van der Waals surface area contributed by atoms with Gasteiger partial charge in [-0.05, 0) is 6.92 Å². The lowest BCUT2D eigenvalue weighted by Crippen LogP contribution is -2.11. The summed E-state index contributed by atoms with van der Waals surface area (Å²) in [5.41, 5.74) is 0. The van der Waals surface area contributed by atoms with E-state index >= 15 is 0 Å². The fourth-order valence-electron chi connectivity index (χ4n) is 1.08. The van der Waals surface area contributed by atoms with Gasteiger partial charge < -0.3 is 14.2 Å². The third-order valence-electron chi connectivity index (χ3n) is 1.75. The van der Waals surface area contributed by atoms with Crippen molar-refractivity contribution in [3.05, 3.63) is 11.9 Å². The summed E-state index contributed by atoms with van der Waals surface area (Å²) in [5.74, 6) is 0.643. The number of hydrogen-bond donors (Lipinski definition) is 0. The average molecular weight is 226 g/mol. The fourth-order valence-corrected chi connectivity index (χ4v) is 1.08. The quantitative estimate of drug-likeness (QED) is 0.685. The lowest BCUT2D eigenvalue weighted by molar-refractivity contribution is -0.142. The first-order valence-electron chi connectivity index (χ1n) is 4.81. The molecule has 1 rings (SSSR count). The molecule has 0 spiro atoms. The zero-order valence-corrected chi connectivity index (χ0v) is 9.52. The number of esters is 1. The van der Waals surface area contributed by atoms with E-state index in [2.05, 4.69) is 9.97 Å². The monoisotopic (exact) mass is 226 g/mol. The maximum absolute atomic E-state index is 11.2. The van der Waals surface area contributed by atoms with E-state index in [4.69, 9.17) is 14.2 Å². The number of aromatic nitrogens is 2. The summed E-state index contributed by atoms with van der Waals surface area (Å²) in [5, 5.41) is 0. The number of methoxy groups -OCH3 is 2. The predicted octanol–water partition coefficient (Wildman–Crippen LogP) is 0.599. The normalized spacial score (nSPS) is 9.69. The highest BCUT2D eigenvalue weighted by molar-refractivity contribution is 5.71. The second kappa shape index (κ2) is 5.89. The molecule has 0 aliphatic rings. The standard InChI is InChI=1S/C10H14N2O4/c1-4-16-10(13)5-7-11-8(14-2)6-9(12-7)15-3/h6H,4-5H2,1-3H3. The first kappa shape index (κ1) is 12.2. The molecular formula is C10H14N2O4. The second-order valence-corrected chi connectivity index (χ2v) is 2.85. The van der Waals surface area contributed by atoms with Crippen molar-refractivity contribution in [1.29, 1.82) is 0 Å². The highest BCUT2D eigenvalue weighted by Gasteiger charge is 2.10. The van der Waals surface area contributed by atoms with Gasteiger partial charge in [0, 0.05) is 0 Å². The molecule has 6 heteroatoms. The van der Waals surface area contributed by atoms with Gasteiger partial charge in [0.05, 0.1) is 26.9 Å². The van der Waals surface area contributed by atoms with Crippen molar-refractivity contribution in [2.75, 3.05) is 20.8 Å². The van der Waals surface area contributed by atoms with E-state index in [0.29, 0.717) is 24.2 Å². The fraction of sp³-hybridized carbons (Fsp3) is 0.500. The predicted molar refractivity (Wildman–Crippen MR) is 55.5 cm³/mol. The number of rotatable bonds is 5. The molecule has 1 aromatic heterocycles. The molecule has 16 heavy (non-hydrogen) atoms. The Kier molecular flexibility index (Phi) is 4.50. The van der Waals surface area contributed by atoms with Crippen LogP contribution in [0.4, 0.5) is 0 Å². The van der Waals surface area contributed by atoms with Crippen LogP contribution < -0.4 is 9.47 Å². The number of carbonyl (C=O) groups excluding carboxylic acids is 1. The van der Waals surface area contributed by atoms with Crippen molar-refractivity contribution in [1.82, 2.24) is 9.97 Å². The van der Waals surface area contributed by atoms with Crippen LogP contribution in [0.15, 0.2) is 6.07 Å². The van der Waals surface area contributed by atoms with Gasteiger partial charge in [0.2, 0.25) is 11.8 Å². The van der Waals surface area contributed by atoms with E-state index < -0.39 is 0 Å². The van der Waals surface area contributed by atoms with E-state index in [-0.39, 0.29) is 12.4 Å². The SMILES string of the molecule is CCOC(=O)Cc1nc(OC)cc(OC)n1. The summed E-state index contributed by atoms with van der Waals surface area (Å²) in [6.45, 7) is 2.07. The molecule has 0 aliphatic carbocycles. The molecule has 0 N–H and O–H groups in total. The smallest absolute Gasteiger partial charge is 0.313 e. The molecule has 0 atom stereocenters. The molecule has 0 amide bonds. The van der Waals surface area contributed by atoms with Crippen molar-refractivity contribution < 1.29 is 19.0 Å². The van der Waals surface area contributed by atoms with Crippen molar-refractivity contribution in [2.45, 2.75) is 13.3 Å². The summed E-state index contributed by atoms with van der Waals surface area (Å²) >= 11 is 0. The van der Waals surface area contributed by atoms with Crippen LogP contribution in [0.5, 0.6) is 11.8 Å². The Bertz CT molecular complexity index is 346. The van der Waals surface area contributed by atoms with Gasteiger partial charge >= 0.3 is 5.97 Å². The molecule has 0 unspecified atom stereocenters. The van der Waals surface area contributed by atoms with Crippen molar-refractivity contribution in [3.8, 4) is 11.8 Å². The maximum Gasteiger partial charge on any atom is 0.313 e.